The Morgan fingerprint density at radius 2 is 2.06 bits per heavy atom. The van der Waals surface area contributed by atoms with Crippen molar-refractivity contribution >= 4 is 17.2 Å². The molecule has 34 heavy (non-hydrogen) atoms. The number of fused-ring (bicyclic) bond motifs is 1. The number of hydrogen-bond donors (Lipinski definition) is 1. The van der Waals surface area contributed by atoms with Gasteiger partial charge in [-0.2, -0.15) is 0 Å². The lowest BCUT2D eigenvalue weighted by Gasteiger charge is -2.37. The van der Waals surface area contributed by atoms with Gasteiger partial charge in [0.15, 0.2) is 0 Å². The molecule has 3 rings (SSSR count). The maximum atomic E-state index is 13.4. The molecule has 2 heterocycles. The minimum absolute atomic E-state index is 0.0724. The first-order valence-electron chi connectivity index (χ1n) is 12.3. The highest BCUT2D eigenvalue weighted by molar-refractivity contribution is 7.10. The topological polar surface area (TPSA) is 62.2 Å². The van der Waals surface area contributed by atoms with Gasteiger partial charge in [-0.25, -0.2) is 0 Å². The molecule has 1 amide bonds. The van der Waals surface area contributed by atoms with Crippen LogP contribution in [0.1, 0.15) is 48.4 Å². The Hall–Kier alpha value is -1.93. The van der Waals surface area contributed by atoms with Crippen molar-refractivity contribution in [3.8, 4) is 5.75 Å². The van der Waals surface area contributed by atoms with Crippen LogP contribution in [0.3, 0.4) is 0 Å². The lowest BCUT2D eigenvalue weighted by molar-refractivity contribution is -0.136. The van der Waals surface area contributed by atoms with Crippen molar-refractivity contribution in [3.05, 3.63) is 51.2 Å². The Morgan fingerprint density at radius 3 is 2.76 bits per heavy atom. The van der Waals surface area contributed by atoms with Gasteiger partial charge in [0.05, 0.1) is 25.3 Å². The van der Waals surface area contributed by atoms with Crippen LogP contribution in [0.25, 0.3) is 0 Å². The normalized spacial score (nSPS) is 16.7. The molecule has 2 atom stereocenters. The van der Waals surface area contributed by atoms with E-state index in [2.05, 4.69) is 51.3 Å². The van der Waals surface area contributed by atoms with Gasteiger partial charge in [0.2, 0.25) is 5.91 Å². The second-order valence-corrected chi connectivity index (χ2v) is 10.6. The fourth-order valence-corrected chi connectivity index (χ4v) is 5.31. The van der Waals surface area contributed by atoms with Crippen LogP contribution in [0.15, 0.2) is 29.6 Å². The maximum absolute atomic E-state index is 13.4. The van der Waals surface area contributed by atoms with E-state index in [9.17, 15) is 9.90 Å². The minimum Gasteiger partial charge on any atom is -0.491 e. The number of carbonyl (C=O) groups is 1. The van der Waals surface area contributed by atoms with Crippen LogP contribution in [0, 0.1) is 19.8 Å². The number of likely N-dealkylation sites (N-methyl/N-ethyl adjacent to an activating group) is 1. The number of aryl methyl sites for hydroxylation is 2. The summed E-state index contributed by atoms with van der Waals surface area (Å²) in [5, 5.41) is 12.5. The Kier molecular flexibility index (Phi) is 9.95. The lowest BCUT2D eigenvalue weighted by Crippen LogP contribution is -2.48. The van der Waals surface area contributed by atoms with E-state index in [4.69, 9.17) is 9.47 Å². The summed E-state index contributed by atoms with van der Waals surface area (Å²) >= 11 is 1.76. The van der Waals surface area contributed by atoms with Crippen LogP contribution in [0.2, 0.25) is 0 Å². The van der Waals surface area contributed by atoms with Gasteiger partial charge >= 0.3 is 0 Å². The number of ether oxygens (including phenoxy) is 2. The molecule has 1 aromatic carbocycles. The molecule has 2 aromatic rings. The molecule has 0 radical (unpaired) electrons. The fourth-order valence-electron chi connectivity index (χ4n) is 4.38. The quantitative estimate of drug-likeness (QED) is 0.485. The molecule has 1 aliphatic heterocycles. The number of carbonyl (C=O) groups excluding carboxylic acids is 1. The van der Waals surface area contributed by atoms with E-state index in [0.29, 0.717) is 38.8 Å². The summed E-state index contributed by atoms with van der Waals surface area (Å²) in [6.07, 6.45) is 0.260. The van der Waals surface area contributed by atoms with Gasteiger partial charge in [0.25, 0.3) is 0 Å². The van der Waals surface area contributed by atoms with Crippen LogP contribution in [-0.2, 0) is 16.0 Å². The molecule has 0 bridgehead atoms. The number of thiophene rings is 1. The molecule has 0 spiro atoms. The van der Waals surface area contributed by atoms with Crippen molar-refractivity contribution in [3.63, 3.8) is 0 Å². The number of aliphatic hydroxyl groups excluding tert-OH is 1. The highest BCUT2D eigenvalue weighted by Gasteiger charge is 2.33. The largest absolute Gasteiger partial charge is 0.491 e. The SMILES string of the molecule is CCN(CC(=O)N1CCc2sccc2C1COc1ccc(C)cc1C)CC(O)COCC(C)C. The van der Waals surface area contributed by atoms with Gasteiger partial charge in [0, 0.05) is 24.6 Å². The van der Waals surface area contributed by atoms with E-state index < -0.39 is 6.10 Å². The first-order chi connectivity index (χ1) is 16.3. The minimum atomic E-state index is -0.611. The molecule has 1 aromatic heterocycles. The standard InChI is InChI=1S/C27H40N2O4S/c1-6-28(14-22(30)17-32-16-19(2)3)15-27(31)29-11-9-26-23(10-12-34-26)24(29)18-33-25-8-7-20(4)13-21(25)5/h7-8,10,12-13,19,22,24,30H,6,9,11,14-18H2,1-5H3. The van der Waals surface area contributed by atoms with Gasteiger partial charge in [-0.3, -0.25) is 9.69 Å². The van der Waals surface area contributed by atoms with Crippen molar-refractivity contribution < 1.29 is 19.4 Å². The van der Waals surface area contributed by atoms with Crippen LogP contribution < -0.4 is 4.74 Å². The van der Waals surface area contributed by atoms with Gasteiger partial charge in [-0.05, 0) is 61.4 Å². The van der Waals surface area contributed by atoms with Gasteiger partial charge in [-0.15, -0.1) is 11.3 Å². The molecular weight excluding hydrogens is 448 g/mol. The Morgan fingerprint density at radius 1 is 1.26 bits per heavy atom. The Balaban J connectivity index is 1.64. The van der Waals surface area contributed by atoms with E-state index in [1.54, 1.807) is 11.3 Å². The number of amides is 1. The molecule has 188 valence electrons. The van der Waals surface area contributed by atoms with E-state index >= 15 is 0 Å². The maximum Gasteiger partial charge on any atom is 0.237 e. The van der Waals surface area contributed by atoms with Crippen LogP contribution >= 0.6 is 11.3 Å². The molecule has 0 saturated carbocycles. The monoisotopic (exact) mass is 488 g/mol. The van der Waals surface area contributed by atoms with E-state index in [1.807, 2.05) is 22.8 Å². The van der Waals surface area contributed by atoms with E-state index in [-0.39, 0.29) is 25.1 Å². The molecule has 7 heteroatoms. The van der Waals surface area contributed by atoms with Crippen LogP contribution in [-0.4, -0.2) is 72.9 Å². The van der Waals surface area contributed by atoms with Gasteiger partial charge in [0.1, 0.15) is 12.4 Å². The molecule has 6 nitrogen and oxygen atoms in total. The highest BCUT2D eigenvalue weighted by atomic mass is 32.1. The second kappa shape index (κ2) is 12.7. The summed E-state index contributed by atoms with van der Waals surface area (Å²) in [4.78, 5) is 18.7. The zero-order valence-corrected chi connectivity index (χ0v) is 22.1. The molecule has 1 aliphatic rings. The lowest BCUT2D eigenvalue weighted by atomic mass is 10.00. The fraction of sp³-hybridized carbons (Fsp3) is 0.593. The molecule has 0 saturated heterocycles. The molecule has 2 unspecified atom stereocenters. The number of nitrogens with zero attached hydrogens (tertiary/aromatic N) is 2. The average molecular weight is 489 g/mol. The number of aliphatic hydroxyl groups is 1. The van der Waals surface area contributed by atoms with Crippen molar-refractivity contribution in [2.75, 3.05) is 46.0 Å². The zero-order valence-electron chi connectivity index (χ0n) is 21.3. The first kappa shape index (κ1) is 26.7. The van der Waals surface area contributed by atoms with Crippen LogP contribution in [0.5, 0.6) is 5.75 Å². The molecular formula is C27H40N2O4S. The predicted octanol–water partition coefficient (Wildman–Crippen LogP) is 4.23. The molecule has 0 fully saturated rings. The predicted molar refractivity (Wildman–Crippen MR) is 138 cm³/mol. The number of hydrogen-bond acceptors (Lipinski definition) is 6. The van der Waals surface area contributed by atoms with Crippen molar-refractivity contribution in [1.82, 2.24) is 9.80 Å². The van der Waals surface area contributed by atoms with E-state index in [0.717, 1.165) is 17.7 Å². The summed E-state index contributed by atoms with van der Waals surface area (Å²) in [6, 6.07) is 8.20. The summed E-state index contributed by atoms with van der Waals surface area (Å²) in [6.45, 7) is 13.7. The van der Waals surface area contributed by atoms with Crippen molar-refractivity contribution in [2.45, 2.75) is 53.2 Å². The average Bonchev–Trinajstić information content (AvgIpc) is 3.26. The van der Waals surface area contributed by atoms with Crippen LogP contribution in [0.4, 0.5) is 0 Å². The summed E-state index contributed by atoms with van der Waals surface area (Å²) < 4.78 is 11.8. The number of rotatable bonds is 12. The summed E-state index contributed by atoms with van der Waals surface area (Å²) in [5.41, 5.74) is 3.50. The summed E-state index contributed by atoms with van der Waals surface area (Å²) in [7, 11) is 0. The Labute approximate surface area is 208 Å². The zero-order chi connectivity index (χ0) is 24.7. The number of benzene rings is 1. The second-order valence-electron chi connectivity index (χ2n) is 9.64. The van der Waals surface area contributed by atoms with E-state index in [1.165, 1.54) is 16.0 Å². The van der Waals surface area contributed by atoms with Gasteiger partial charge < -0.3 is 19.5 Å². The molecule has 0 aliphatic carbocycles. The molecule has 1 N–H and O–H groups in total. The highest BCUT2D eigenvalue weighted by Crippen LogP contribution is 2.34. The first-order valence-corrected chi connectivity index (χ1v) is 13.2. The Bertz CT molecular complexity index is 929. The van der Waals surface area contributed by atoms with Crippen molar-refractivity contribution in [1.29, 1.82) is 0 Å². The van der Waals surface area contributed by atoms with Crippen molar-refractivity contribution in [2.24, 2.45) is 5.92 Å². The third-order valence-corrected chi connectivity index (χ3v) is 7.18. The third kappa shape index (κ3) is 7.28. The third-order valence-electron chi connectivity index (χ3n) is 6.18. The van der Waals surface area contributed by atoms with Gasteiger partial charge in [-0.1, -0.05) is 38.5 Å². The summed E-state index contributed by atoms with van der Waals surface area (Å²) in [5.74, 6) is 1.36. The smallest absolute Gasteiger partial charge is 0.237 e.